The second-order valence-corrected chi connectivity index (χ2v) is 5.32. The molecule has 1 N–H and O–H groups in total. The van der Waals surface area contributed by atoms with E-state index in [1.54, 1.807) is 38.1 Å². The van der Waals surface area contributed by atoms with Crippen molar-refractivity contribution in [2.75, 3.05) is 6.61 Å². The summed E-state index contributed by atoms with van der Waals surface area (Å²) in [6, 6.07) is 8.72. The van der Waals surface area contributed by atoms with Gasteiger partial charge >= 0.3 is 5.97 Å². The number of nitriles is 1. The topological polar surface area (TPSA) is 79.2 Å². The third-order valence-electron chi connectivity index (χ3n) is 3.51. The average Bonchev–Trinajstić information content (AvgIpc) is 2.47. The molecule has 1 amide bonds. The first-order valence-electron chi connectivity index (χ1n) is 6.83. The number of carbonyl (C=O) groups is 2. The van der Waals surface area contributed by atoms with Crippen LogP contribution in [-0.4, -0.2) is 18.5 Å². The van der Waals surface area contributed by atoms with E-state index in [0.717, 1.165) is 0 Å². The summed E-state index contributed by atoms with van der Waals surface area (Å²) >= 11 is 5.88. The van der Waals surface area contributed by atoms with Gasteiger partial charge in [0.05, 0.1) is 18.2 Å². The Morgan fingerprint density at radius 1 is 1.41 bits per heavy atom. The SMILES string of the molecule is CCOC(=O)C1=C(C)NC(=O)[C@H](C#N)[C@H]1c1ccc(Cl)cc1. The number of esters is 1. The van der Waals surface area contributed by atoms with Crippen molar-refractivity contribution in [2.45, 2.75) is 19.8 Å². The van der Waals surface area contributed by atoms with Gasteiger partial charge in [-0.25, -0.2) is 4.79 Å². The minimum absolute atomic E-state index is 0.216. The number of ether oxygens (including phenoxy) is 1. The lowest BCUT2D eigenvalue weighted by Gasteiger charge is -2.30. The summed E-state index contributed by atoms with van der Waals surface area (Å²) in [7, 11) is 0. The number of hydrogen-bond acceptors (Lipinski definition) is 4. The lowest BCUT2D eigenvalue weighted by atomic mass is 9.77. The lowest BCUT2D eigenvalue weighted by Crippen LogP contribution is -2.41. The van der Waals surface area contributed by atoms with Crippen LogP contribution < -0.4 is 5.32 Å². The van der Waals surface area contributed by atoms with Crippen LogP contribution in [0.3, 0.4) is 0 Å². The minimum Gasteiger partial charge on any atom is -0.463 e. The molecule has 0 spiro atoms. The number of allylic oxidation sites excluding steroid dienone is 1. The van der Waals surface area contributed by atoms with Crippen LogP contribution in [0.15, 0.2) is 35.5 Å². The van der Waals surface area contributed by atoms with Crippen molar-refractivity contribution >= 4 is 23.5 Å². The molecule has 2 rings (SSSR count). The molecule has 6 heteroatoms. The Labute approximate surface area is 133 Å². The normalized spacial score (nSPS) is 21.1. The lowest BCUT2D eigenvalue weighted by molar-refractivity contribution is -0.139. The third kappa shape index (κ3) is 2.97. The number of amides is 1. The summed E-state index contributed by atoms with van der Waals surface area (Å²) in [6.45, 7) is 3.54. The van der Waals surface area contributed by atoms with Gasteiger partial charge in [-0.2, -0.15) is 5.26 Å². The largest absolute Gasteiger partial charge is 0.463 e. The first kappa shape index (κ1) is 16.1. The van der Waals surface area contributed by atoms with Crippen molar-refractivity contribution < 1.29 is 14.3 Å². The Balaban J connectivity index is 2.57. The summed E-state index contributed by atoms with van der Waals surface area (Å²) in [5.41, 5.74) is 1.39. The van der Waals surface area contributed by atoms with Gasteiger partial charge < -0.3 is 10.1 Å². The Morgan fingerprint density at radius 2 is 2.05 bits per heavy atom. The Kier molecular flexibility index (Phi) is 4.84. The molecule has 22 heavy (non-hydrogen) atoms. The smallest absolute Gasteiger partial charge is 0.336 e. The zero-order valence-corrected chi connectivity index (χ0v) is 13.0. The maximum atomic E-state index is 12.3. The summed E-state index contributed by atoms with van der Waals surface area (Å²) < 4.78 is 5.07. The molecule has 0 unspecified atom stereocenters. The molecule has 0 aromatic heterocycles. The molecule has 0 aliphatic carbocycles. The van der Waals surface area contributed by atoms with Gasteiger partial charge in [-0.1, -0.05) is 23.7 Å². The average molecular weight is 319 g/mol. The third-order valence-corrected chi connectivity index (χ3v) is 3.76. The van der Waals surface area contributed by atoms with E-state index in [4.69, 9.17) is 16.3 Å². The van der Waals surface area contributed by atoms with E-state index in [1.807, 2.05) is 6.07 Å². The maximum absolute atomic E-state index is 12.3. The van der Waals surface area contributed by atoms with Crippen molar-refractivity contribution in [1.82, 2.24) is 5.32 Å². The zero-order chi connectivity index (χ0) is 16.3. The van der Waals surface area contributed by atoms with Gasteiger partial charge in [-0.05, 0) is 31.5 Å². The Morgan fingerprint density at radius 3 is 2.59 bits per heavy atom. The molecule has 1 heterocycles. The van der Waals surface area contributed by atoms with Crippen LogP contribution in [0.4, 0.5) is 0 Å². The number of nitrogens with zero attached hydrogens (tertiary/aromatic N) is 1. The molecule has 1 aromatic rings. The molecule has 0 saturated carbocycles. The van der Waals surface area contributed by atoms with Gasteiger partial charge in [0.2, 0.25) is 5.91 Å². The second kappa shape index (κ2) is 6.63. The molecule has 1 aliphatic heterocycles. The summed E-state index contributed by atoms with van der Waals surface area (Å²) in [6.07, 6.45) is 0. The molecule has 0 radical (unpaired) electrons. The number of carbonyl (C=O) groups excluding carboxylic acids is 2. The summed E-state index contributed by atoms with van der Waals surface area (Å²) in [5.74, 6) is -2.62. The summed E-state index contributed by atoms with van der Waals surface area (Å²) in [4.78, 5) is 24.3. The first-order chi connectivity index (χ1) is 10.5. The van der Waals surface area contributed by atoms with E-state index in [1.165, 1.54) is 0 Å². The molecule has 0 fully saturated rings. The Hall–Kier alpha value is -2.32. The molecule has 114 valence electrons. The first-order valence-corrected chi connectivity index (χ1v) is 7.21. The zero-order valence-electron chi connectivity index (χ0n) is 12.2. The van der Waals surface area contributed by atoms with Crippen LogP contribution >= 0.6 is 11.6 Å². The van der Waals surface area contributed by atoms with Crippen molar-refractivity contribution in [1.29, 1.82) is 5.26 Å². The van der Waals surface area contributed by atoms with Crippen LogP contribution in [-0.2, 0) is 14.3 Å². The van der Waals surface area contributed by atoms with Gasteiger partial charge in [-0.3, -0.25) is 4.79 Å². The predicted octanol–water partition coefficient (Wildman–Crippen LogP) is 2.53. The molecule has 5 nitrogen and oxygen atoms in total. The standard InChI is InChI=1S/C16H15ClN2O3/c1-3-22-16(21)13-9(2)19-15(20)12(8-18)14(13)10-4-6-11(17)7-5-10/h4-7,12,14H,3H2,1-2H3,(H,19,20)/t12-,14-/m1/s1. The number of nitrogens with one attached hydrogen (secondary N) is 1. The van der Waals surface area contributed by atoms with Gasteiger partial charge in [0.25, 0.3) is 0 Å². The summed E-state index contributed by atoms with van der Waals surface area (Å²) in [5, 5.41) is 12.5. The van der Waals surface area contributed by atoms with Crippen LogP contribution in [0.5, 0.6) is 0 Å². The van der Waals surface area contributed by atoms with Gasteiger partial charge in [-0.15, -0.1) is 0 Å². The fourth-order valence-electron chi connectivity index (χ4n) is 2.53. The van der Waals surface area contributed by atoms with Crippen LogP contribution in [0.25, 0.3) is 0 Å². The Bertz CT molecular complexity index is 674. The number of benzene rings is 1. The van der Waals surface area contributed by atoms with Crippen molar-refractivity contribution in [3.63, 3.8) is 0 Å². The molecule has 0 bridgehead atoms. The van der Waals surface area contributed by atoms with E-state index in [2.05, 4.69) is 5.32 Å². The van der Waals surface area contributed by atoms with Crippen molar-refractivity contribution in [3.05, 3.63) is 46.1 Å². The van der Waals surface area contributed by atoms with E-state index in [-0.39, 0.29) is 6.61 Å². The minimum atomic E-state index is -0.996. The maximum Gasteiger partial charge on any atom is 0.336 e. The second-order valence-electron chi connectivity index (χ2n) is 4.88. The predicted molar refractivity (Wildman–Crippen MR) is 80.8 cm³/mol. The quantitative estimate of drug-likeness (QED) is 0.869. The monoisotopic (exact) mass is 318 g/mol. The van der Waals surface area contributed by atoms with Gasteiger partial charge in [0, 0.05) is 16.6 Å². The molecular formula is C16H15ClN2O3. The number of hydrogen-bond donors (Lipinski definition) is 1. The molecule has 1 aromatic carbocycles. The van der Waals surface area contributed by atoms with Crippen LogP contribution in [0.1, 0.15) is 25.3 Å². The molecular weight excluding hydrogens is 304 g/mol. The van der Waals surface area contributed by atoms with E-state index >= 15 is 0 Å². The highest BCUT2D eigenvalue weighted by molar-refractivity contribution is 6.30. The molecule has 2 atom stereocenters. The number of halogens is 1. The van der Waals surface area contributed by atoms with Gasteiger partial charge in [0.1, 0.15) is 5.92 Å². The molecule has 1 aliphatic rings. The van der Waals surface area contributed by atoms with E-state index in [9.17, 15) is 14.9 Å². The highest BCUT2D eigenvalue weighted by Gasteiger charge is 2.41. The fraction of sp³-hybridized carbons (Fsp3) is 0.312. The highest BCUT2D eigenvalue weighted by atomic mass is 35.5. The fourth-order valence-corrected chi connectivity index (χ4v) is 2.66. The van der Waals surface area contributed by atoms with E-state index in [0.29, 0.717) is 21.9 Å². The van der Waals surface area contributed by atoms with Crippen molar-refractivity contribution in [3.8, 4) is 6.07 Å². The number of rotatable bonds is 3. The van der Waals surface area contributed by atoms with E-state index < -0.39 is 23.7 Å². The van der Waals surface area contributed by atoms with Crippen molar-refractivity contribution in [2.24, 2.45) is 5.92 Å². The van der Waals surface area contributed by atoms with Crippen LogP contribution in [0.2, 0.25) is 5.02 Å². The van der Waals surface area contributed by atoms with Gasteiger partial charge in [0.15, 0.2) is 0 Å². The van der Waals surface area contributed by atoms with Crippen LogP contribution in [0, 0.1) is 17.2 Å². The highest BCUT2D eigenvalue weighted by Crippen LogP contribution is 2.37. The molecule has 0 saturated heterocycles.